The highest BCUT2D eigenvalue weighted by Crippen LogP contribution is 2.27. The fraction of sp³-hybridized carbons (Fsp3) is 0.357. The van der Waals surface area contributed by atoms with Crippen LogP contribution in [0.1, 0.15) is 18.9 Å². The molecule has 1 aliphatic rings. The Morgan fingerprint density at radius 2 is 1.96 bits per heavy atom. The van der Waals surface area contributed by atoms with E-state index in [0.29, 0.717) is 25.9 Å². The third-order valence-corrected chi connectivity index (χ3v) is 5.88. The van der Waals surface area contributed by atoms with Gasteiger partial charge in [-0.15, -0.1) is 0 Å². The normalized spacial score (nSPS) is 17.2. The molecule has 9 heteroatoms. The number of piperidine rings is 1. The number of benzene rings is 1. The van der Waals surface area contributed by atoms with E-state index in [2.05, 4.69) is 5.10 Å². The fourth-order valence-electron chi connectivity index (χ4n) is 2.75. The van der Waals surface area contributed by atoms with Crippen LogP contribution in [0.4, 0.5) is 5.69 Å². The van der Waals surface area contributed by atoms with Crippen molar-refractivity contribution >= 4 is 15.7 Å². The van der Waals surface area contributed by atoms with E-state index >= 15 is 0 Å². The second-order valence-corrected chi connectivity index (χ2v) is 7.31. The monoisotopic (exact) mass is 336 g/mol. The van der Waals surface area contributed by atoms with Crippen LogP contribution in [0.2, 0.25) is 0 Å². The molecule has 8 nitrogen and oxygen atoms in total. The third-order valence-electron chi connectivity index (χ3n) is 3.99. The predicted molar refractivity (Wildman–Crippen MR) is 82.4 cm³/mol. The van der Waals surface area contributed by atoms with Gasteiger partial charge in [-0.2, -0.15) is 9.40 Å². The molecule has 2 aromatic rings. The molecule has 0 aliphatic carbocycles. The molecule has 1 aromatic carbocycles. The van der Waals surface area contributed by atoms with E-state index in [1.165, 1.54) is 22.5 Å². The van der Waals surface area contributed by atoms with E-state index in [0.717, 1.165) is 6.07 Å². The minimum Gasteiger partial charge on any atom is -0.270 e. The zero-order valence-electron chi connectivity index (χ0n) is 12.3. The second-order valence-electron chi connectivity index (χ2n) is 5.38. The molecule has 23 heavy (non-hydrogen) atoms. The van der Waals surface area contributed by atoms with E-state index in [9.17, 15) is 18.5 Å². The van der Waals surface area contributed by atoms with Crippen LogP contribution in [0, 0.1) is 10.1 Å². The number of sulfonamides is 1. The van der Waals surface area contributed by atoms with Crippen molar-refractivity contribution in [2.45, 2.75) is 23.8 Å². The zero-order valence-corrected chi connectivity index (χ0v) is 13.1. The molecule has 0 bridgehead atoms. The molecule has 0 amide bonds. The maximum Gasteiger partial charge on any atom is 0.270 e. The third kappa shape index (κ3) is 3.10. The Bertz CT molecular complexity index is 796. The molecule has 1 saturated heterocycles. The van der Waals surface area contributed by atoms with E-state index in [1.807, 2.05) is 16.9 Å². The van der Waals surface area contributed by atoms with Gasteiger partial charge in [0.1, 0.15) is 0 Å². The quantitative estimate of drug-likeness (QED) is 0.626. The van der Waals surface area contributed by atoms with Crippen molar-refractivity contribution < 1.29 is 13.3 Å². The first-order chi connectivity index (χ1) is 11.0. The van der Waals surface area contributed by atoms with Crippen molar-refractivity contribution in [1.29, 1.82) is 0 Å². The smallest absolute Gasteiger partial charge is 0.270 e. The molecule has 1 fully saturated rings. The zero-order chi connectivity index (χ0) is 16.4. The largest absolute Gasteiger partial charge is 0.270 e. The maximum absolute atomic E-state index is 12.6. The highest BCUT2D eigenvalue weighted by atomic mass is 32.2. The number of nitrogens with zero attached hydrogens (tertiary/aromatic N) is 4. The summed E-state index contributed by atoms with van der Waals surface area (Å²) in [5.41, 5.74) is -0.225. The van der Waals surface area contributed by atoms with Gasteiger partial charge >= 0.3 is 0 Å². The van der Waals surface area contributed by atoms with Gasteiger partial charge in [0.15, 0.2) is 0 Å². The first kappa shape index (κ1) is 15.6. The molecule has 0 N–H and O–H groups in total. The summed E-state index contributed by atoms with van der Waals surface area (Å²) in [4.78, 5) is 10.2. The average molecular weight is 336 g/mol. The van der Waals surface area contributed by atoms with Crippen LogP contribution < -0.4 is 0 Å². The van der Waals surface area contributed by atoms with Crippen molar-refractivity contribution in [3.8, 4) is 0 Å². The van der Waals surface area contributed by atoms with E-state index < -0.39 is 14.9 Å². The number of non-ortho nitro benzene ring substituents is 1. The van der Waals surface area contributed by atoms with Gasteiger partial charge in [0.25, 0.3) is 5.69 Å². The molecule has 1 aromatic heterocycles. The molecule has 122 valence electrons. The van der Waals surface area contributed by atoms with E-state index in [4.69, 9.17) is 0 Å². The summed E-state index contributed by atoms with van der Waals surface area (Å²) < 4.78 is 28.5. The second kappa shape index (κ2) is 6.09. The molecule has 0 atom stereocenters. The first-order valence-electron chi connectivity index (χ1n) is 7.22. The lowest BCUT2D eigenvalue weighted by Gasteiger charge is -2.31. The van der Waals surface area contributed by atoms with Crippen molar-refractivity contribution in [2.24, 2.45) is 0 Å². The summed E-state index contributed by atoms with van der Waals surface area (Å²) >= 11 is 0. The van der Waals surface area contributed by atoms with Gasteiger partial charge in [0, 0.05) is 37.6 Å². The lowest BCUT2D eigenvalue weighted by Crippen LogP contribution is -2.39. The van der Waals surface area contributed by atoms with Crippen LogP contribution >= 0.6 is 0 Å². The SMILES string of the molecule is O=[N+]([O-])c1cccc(S(=O)(=O)N2CCC(n3cccn3)CC2)c1. The average Bonchev–Trinajstić information content (AvgIpc) is 3.09. The van der Waals surface area contributed by atoms with Gasteiger partial charge < -0.3 is 0 Å². The van der Waals surface area contributed by atoms with Crippen molar-refractivity contribution in [3.63, 3.8) is 0 Å². The number of aromatic nitrogens is 2. The van der Waals surface area contributed by atoms with Crippen LogP contribution in [0.15, 0.2) is 47.6 Å². The number of nitro benzene ring substituents is 1. The van der Waals surface area contributed by atoms with Gasteiger partial charge in [0.05, 0.1) is 15.9 Å². The molecule has 0 radical (unpaired) electrons. The Balaban J connectivity index is 1.76. The van der Waals surface area contributed by atoms with Crippen molar-refractivity contribution in [3.05, 3.63) is 52.8 Å². The van der Waals surface area contributed by atoms with Crippen LogP contribution in [-0.2, 0) is 10.0 Å². The molecule has 0 spiro atoms. The van der Waals surface area contributed by atoms with Gasteiger partial charge in [-0.3, -0.25) is 14.8 Å². The standard InChI is InChI=1S/C14H16N4O4S/c19-18(20)13-3-1-4-14(11-13)23(21,22)16-9-5-12(6-10-16)17-8-2-7-15-17/h1-4,7-8,11-12H,5-6,9-10H2. The van der Waals surface area contributed by atoms with Gasteiger partial charge in [0.2, 0.25) is 10.0 Å². The Kier molecular flexibility index (Phi) is 4.14. The van der Waals surface area contributed by atoms with E-state index in [-0.39, 0.29) is 16.6 Å². The summed E-state index contributed by atoms with van der Waals surface area (Å²) in [7, 11) is -3.71. The Labute approximate surface area is 133 Å². The summed E-state index contributed by atoms with van der Waals surface area (Å²) in [5, 5.41) is 15.0. The molecular weight excluding hydrogens is 320 g/mol. The van der Waals surface area contributed by atoms with E-state index in [1.54, 1.807) is 6.20 Å². The molecule has 2 heterocycles. The molecule has 3 rings (SSSR count). The highest BCUT2D eigenvalue weighted by molar-refractivity contribution is 7.89. The minimum absolute atomic E-state index is 0.0377. The Morgan fingerprint density at radius 3 is 2.57 bits per heavy atom. The summed E-state index contributed by atoms with van der Waals surface area (Å²) in [6.45, 7) is 0.741. The summed E-state index contributed by atoms with van der Waals surface area (Å²) in [5.74, 6) is 0. The highest BCUT2D eigenvalue weighted by Gasteiger charge is 2.30. The molecule has 1 aliphatic heterocycles. The number of nitro groups is 1. The minimum atomic E-state index is -3.71. The number of rotatable bonds is 4. The Morgan fingerprint density at radius 1 is 1.22 bits per heavy atom. The lowest BCUT2D eigenvalue weighted by molar-refractivity contribution is -0.385. The maximum atomic E-state index is 12.6. The molecular formula is C14H16N4O4S. The molecule has 0 saturated carbocycles. The fourth-order valence-corrected chi connectivity index (χ4v) is 4.26. The van der Waals surface area contributed by atoms with Crippen LogP contribution in [0.25, 0.3) is 0 Å². The number of hydrogen-bond acceptors (Lipinski definition) is 5. The lowest BCUT2D eigenvalue weighted by atomic mass is 10.1. The summed E-state index contributed by atoms with van der Waals surface area (Å²) in [6.07, 6.45) is 4.90. The van der Waals surface area contributed by atoms with Crippen LogP contribution in [-0.4, -0.2) is 40.5 Å². The molecule has 0 unspecified atom stereocenters. The van der Waals surface area contributed by atoms with Gasteiger partial charge in [-0.25, -0.2) is 8.42 Å². The van der Waals surface area contributed by atoms with Crippen LogP contribution in [0.3, 0.4) is 0 Å². The number of hydrogen-bond donors (Lipinski definition) is 0. The Hall–Kier alpha value is -2.26. The summed E-state index contributed by atoms with van der Waals surface area (Å²) in [6, 6.07) is 7.19. The van der Waals surface area contributed by atoms with Crippen molar-refractivity contribution in [2.75, 3.05) is 13.1 Å². The van der Waals surface area contributed by atoms with Gasteiger partial charge in [-0.05, 0) is 25.0 Å². The predicted octanol–water partition coefficient (Wildman–Crippen LogP) is 1.82. The topological polar surface area (TPSA) is 98.3 Å². The van der Waals surface area contributed by atoms with Crippen molar-refractivity contribution in [1.82, 2.24) is 14.1 Å². The van der Waals surface area contributed by atoms with Gasteiger partial charge in [-0.1, -0.05) is 6.07 Å². The van der Waals surface area contributed by atoms with Crippen LogP contribution in [0.5, 0.6) is 0 Å². The first-order valence-corrected chi connectivity index (χ1v) is 8.66.